The Kier molecular flexibility index (Phi) is 4.31. The van der Waals surface area contributed by atoms with Crippen molar-refractivity contribution in [3.8, 4) is 0 Å². The van der Waals surface area contributed by atoms with E-state index in [9.17, 15) is 13.2 Å². The highest BCUT2D eigenvalue weighted by atomic mass is 32.2. The Morgan fingerprint density at radius 3 is 2.15 bits per heavy atom. The van der Waals surface area contributed by atoms with Crippen LogP contribution in [0.3, 0.4) is 0 Å². The third kappa shape index (κ3) is 3.71. The average molecular weight is 211 g/mol. The van der Waals surface area contributed by atoms with Crippen LogP contribution in [0.4, 0.5) is 0 Å². The molecule has 0 aliphatic rings. The number of ether oxygens (including phenoxy) is 1. The largest absolute Gasteiger partial charge is 0.467 e. The predicted octanol–water partition coefficient (Wildman–Crippen LogP) is -0.629. The number of hydrogen-bond acceptors (Lipinski definition) is 5. The average Bonchev–Trinajstić information content (AvgIpc) is 2.01. The number of nitrogens with zero attached hydrogens (tertiary/aromatic N) is 1. The maximum absolute atomic E-state index is 11.1. The smallest absolute Gasteiger partial charge is 0.338 e. The van der Waals surface area contributed by atoms with Crippen molar-refractivity contribution >= 4 is 16.3 Å². The molecule has 0 unspecified atom stereocenters. The Labute approximate surface area is 77.7 Å². The summed E-state index contributed by atoms with van der Waals surface area (Å²) in [5.41, 5.74) is 0. The molecule has 0 aromatic carbocycles. The van der Waals surface area contributed by atoms with E-state index in [0.29, 0.717) is 0 Å². The van der Waals surface area contributed by atoms with E-state index in [1.807, 2.05) is 0 Å². The molecule has 0 fully saturated rings. The topological polar surface area (TPSA) is 72.9 Å². The van der Waals surface area contributed by atoms with E-state index in [0.717, 1.165) is 11.4 Å². The van der Waals surface area contributed by atoms with Crippen LogP contribution in [0.1, 0.15) is 6.92 Å². The molecule has 0 aliphatic carbocycles. The fourth-order valence-corrected chi connectivity index (χ4v) is 1.09. The van der Waals surface area contributed by atoms with Crippen molar-refractivity contribution in [2.24, 2.45) is 0 Å². The summed E-state index contributed by atoms with van der Waals surface area (Å²) in [5.74, 6) is -0.731. The first kappa shape index (κ1) is 12.3. The molecule has 0 spiro atoms. The van der Waals surface area contributed by atoms with Gasteiger partial charge in [-0.25, -0.2) is 8.98 Å². The standard InChI is InChI=1S/C6H13NO5S/c1-5(6(8)11-4)12-13(9,10)7(2)3/h5H,1-4H3/t5-/m1/s1. The monoisotopic (exact) mass is 211 g/mol. The lowest BCUT2D eigenvalue weighted by molar-refractivity contribution is -0.147. The van der Waals surface area contributed by atoms with Crippen molar-refractivity contribution in [3.63, 3.8) is 0 Å². The highest BCUT2D eigenvalue weighted by molar-refractivity contribution is 7.84. The van der Waals surface area contributed by atoms with E-state index >= 15 is 0 Å². The third-order valence-electron chi connectivity index (χ3n) is 1.25. The minimum absolute atomic E-state index is 0.731. The van der Waals surface area contributed by atoms with Crippen LogP contribution in [0.2, 0.25) is 0 Å². The molecule has 0 aliphatic heterocycles. The number of hydrogen-bond donors (Lipinski definition) is 0. The summed E-state index contributed by atoms with van der Waals surface area (Å²) in [7, 11) is -0.0530. The summed E-state index contributed by atoms with van der Waals surface area (Å²) in [4.78, 5) is 10.8. The maximum atomic E-state index is 11.1. The summed E-state index contributed by atoms with van der Waals surface area (Å²) in [5, 5.41) is 0. The van der Waals surface area contributed by atoms with Crippen LogP contribution in [-0.4, -0.2) is 46.0 Å². The molecule has 1 atom stereocenters. The second-order valence-corrected chi connectivity index (χ2v) is 4.28. The first-order chi connectivity index (χ1) is 5.81. The number of rotatable bonds is 4. The molecule has 7 heteroatoms. The van der Waals surface area contributed by atoms with E-state index in [1.54, 1.807) is 0 Å². The first-order valence-electron chi connectivity index (χ1n) is 3.50. The maximum Gasteiger partial charge on any atom is 0.338 e. The summed E-state index contributed by atoms with van der Waals surface area (Å²) < 4.78 is 31.7. The SMILES string of the molecule is COC(=O)[C@@H](C)OS(=O)(=O)N(C)C. The van der Waals surface area contributed by atoms with E-state index < -0.39 is 22.4 Å². The molecule has 78 valence electrons. The van der Waals surface area contributed by atoms with E-state index in [1.165, 1.54) is 21.0 Å². The molecule has 0 radical (unpaired) electrons. The van der Waals surface area contributed by atoms with Gasteiger partial charge in [0.25, 0.3) is 0 Å². The van der Waals surface area contributed by atoms with Crippen LogP contribution in [-0.2, 0) is 24.0 Å². The van der Waals surface area contributed by atoms with Gasteiger partial charge in [0.05, 0.1) is 7.11 Å². The quantitative estimate of drug-likeness (QED) is 0.579. The fourth-order valence-electron chi connectivity index (χ4n) is 0.474. The van der Waals surface area contributed by atoms with Gasteiger partial charge in [0.2, 0.25) is 0 Å². The third-order valence-corrected chi connectivity index (χ3v) is 2.67. The van der Waals surface area contributed by atoms with Gasteiger partial charge in [0.15, 0.2) is 6.10 Å². The molecule has 0 N–H and O–H groups in total. The van der Waals surface area contributed by atoms with Crippen LogP contribution in [0.5, 0.6) is 0 Å². The van der Waals surface area contributed by atoms with Gasteiger partial charge >= 0.3 is 16.3 Å². The molecule has 0 bridgehead atoms. The Bertz CT molecular complexity index is 271. The van der Waals surface area contributed by atoms with E-state index in [2.05, 4.69) is 8.92 Å². The van der Waals surface area contributed by atoms with Gasteiger partial charge in [-0.15, -0.1) is 0 Å². The van der Waals surface area contributed by atoms with Crippen molar-refractivity contribution in [2.75, 3.05) is 21.2 Å². The zero-order chi connectivity index (χ0) is 10.6. The summed E-state index contributed by atoms with van der Waals surface area (Å²) >= 11 is 0. The lowest BCUT2D eigenvalue weighted by atomic mass is 10.4. The van der Waals surface area contributed by atoms with Crippen molar-refractivity contribution < 1.29 is 22.1 Å². The lowest BCUT2D eigenvalue weighted by Crippen LogP contribution is -2.32. The Morgan fingerprint density at radius 1 is 1.38 bits per heavy atom. The van der Waals surface area contributed by atoms with Crippen LogP contribution in [0.15, 0.2) is 0 Å². The Hall–Kier alpha value is -0.660. The first-order valence-corrected chi connectivity index (χ1v) is 4.86. The summed E-state index contributed by atoms with van der Waals surface area (Å²) in [6, 6.07) is 0. The molecule has 0 aromatic rings. The van der Waals surface area contributed by atoms with Gasteiger partial charge in [-0.3, -0.25) is 0 Å². The number of carbonyl (C=O) groups is 1. The zero-order valence-corrected chi connectivity index (χ0v) is 8.79. The molecule has 0 aromatic heterocycles. The van der Waals surface area contributed by atoms with Crippen LogP contribution >= 0.6 is 0 Å². The van der Waals surface area contributed by atoms with E-state index in [4.69, 9.17) is 0 Å². The molecule has 0 rings (SSSR count). The van der Waals surface area contributed by atoms with Crippen molar-refractivity contribution in [2.45, 2.75) is 13.0 Å². The predicted molar refractivity (Wildman–Crippen MR) is 45.2 cm³/mol. The van der Waals surface area contributed by atoms with E-state index in [-0.39, 0.29) is 0 Å². The zero-order valence-electron chi connectivity index (χ0n) is 7.97. The molecular formula is C6H13NO5S. The number of carbonyl (C=O) groups excluding carboxylic acids is 1. The van der Waals surface area contributed by atoms with Crippen LogP contribution in [0, 0.1) is 0 Å². The summed E-state index contributed by atoms with van der Waals surface area (Å²) in [6.45, 7) is 1.30. The molecule has 0 heterocycles. The number of esters is 1. The van der Waals surface area contributed by atoms with Gasteiger partial charge in [-0.2, -0.15) is 12.7 Å². The normalized spacial score (nSPS) is 14.2. The van der Waals surface area contributed by atoms with Gasteiger partial charge in [-0.05, 0) is 6.92 Å². The highest BCUT2D eigenvalue weighted by Gasteiger charge is 2.23. The lowest BCUT2D eigenvalue weighted by Gasteiger charge is -2.14. The van der Waals surface area contributed by atoms with Gasteiger partial charge < -0.3 is 4.74 Å². The van der Waals surface area contributed by atoms with Crippen molar-refractivity contribution in [3.05, 3.63) is 0 Å². The molecule has 13 heavy (non-hydrogen) atoms. The van der Waals surface area contributed by atoms with Crippen LogP contribution < -0.4 is 0 Å². The Morgan fingerprint density at radius 2 is 1.85 bits per heavy atom. The highest BCUT2D eigenvalue weighted by Crippen LogP contribution is 2.03. The molecule has 0 saturated heterocycles. The van der Waals surface area contributed by atoms with Crippen molar-refractivity contribution in [1.82, 2.24) is 4.31 Å². The van der Waals surface area contributed by atoms with Gasteiger partial charge in [-0.1, -0.05) is 0 Å². The second kappa shape index (κ2) is 4.54. The molecule has 0 saturated carbocycles. The number of methoxy groups -OCH3 is 1. The van der Waals surface area contributed by atoms with Crippen LogP contribution in [0.25, 0.3) is 0 Å². The minimum atomic E-state index is -3.82. The molecule has 0 amide bonds. The summed E-state index contributed by atoms with van der Waals surface area (Å²) in [6.07, 6.45) is -1.13. The molecule has 6 nitrogen and oxygen atoms in total. The Balaban J connectivity index is 4.38. The molecular weight excluding hydrogens is 198 g/mol. The van der Waals surface area contributed by atoms with Crippen molar-refractivity contribution in [1.29, 1.82) is 0 Å². The van der Waals surface area contributed by atoms with Gasteiger partial charge in [0.1, 0.15) is 0 Å². The van der Waals surface area contributed by atoms with Gasteiger partial charge in [0, 0.05) is 14.1 Å². The minimum Gasteiger partial charge on any atom is -0.467 e. The second-order valence-electron chi connectivity index (χ2n) is 2.50. The fraction of sp³-hybridized carbons (Fsp3) is 0.833.